The highest BCUT2D eigenvalue weighted by Crippen LogP contribution is 2.06. The van der Waals surface area contributed by atoms with Crippen LogP contribution in [-0.4, -0.2) is 15.1 Å². The summed E-state index contributed by atoms with van der Waals surface area (Å²) in [6.45, 7) is 1.31. The van der Waals surface area contributed by atoms with Gasteiger partial charge in [-0.15, -0.1) is 0 Å². The van der Waals surface area contributed by atoms with Gasteiger partial charge in [-0.3, -0.25) is 4.98 Å². The fourth-order valence-corrected chi connectivity index (χ4v) is 2.03. The van der Waals surface area contributed by atoms with Crippen LogP contribution in [0.4, 0.5) is 0 Å². The maximum absolute atomic E-state index is 5.24. The Hall–Kier alpha value is -2.53. The average Bonchev–Trinajstić information content (AvgIpc) is 2.97. The average molecular weight is 280 g/mol. The van der Waals surface area contributed by atoms with Crippen molar-refractivity contribution in [2.24, 2.45) is 0 Å². The summed E-state index contributed by atoms with van der Waals surface area (Å²) in [5.74, 6) is 1.32. The van der Waals surface area contributed by atoms with Gasteiger partial charge in [0.2, 0.25) is 5.89 Å². The van der Waals surface area contributed by atoms with Crippen molar-refractivity contribution in [3.8, 4) is 0 Å². The van der Waals surface area contributed by atoms with Gasteiger partial charge >= 0.3 is 0 Å². The summed E-state index contributed by atoms with van der Waals surface area (Å²) in [7, 11) is 0. The smallest absolute Gasteiger partial charge is 0.240 e. The predicted molar refractivity (Wildman–Crippen MR) is 78.3 cm³/mol. The molecule has 0 aliphatic rings. The first kappa shape index (κ1) is 13.5. The van der Waals surface area contributed by atoms with Crippen molar-refractivity contribution in [1.82, 2.24) is 20.4 Å². The molecular formula is C16H16N4O. The van der Waals surface area contributed by atoms with Crippen molar-refractivity contribution < 1.29 is 4.52 Å². The summed E-state index contributed by atoms with van der Waals surface area (Å²) < 4.78 is 5.24. The highest BCUT2D eigenvalue weighted by molar-refractivity contribution is 5.18. The second kappa shape index (κ2) is 6.76. The summed E-state index contributed by atoms with van der Waals surface area (Å²) in [6.07, 6.45) is 4.25. The van der Waals surface area contributed by atoms with Crippen LogP contribution in [0.15, 0.2) is 59.4 Å². The molecule has 3 aromatic rings. The lowest BCUT2D eigenvalue weighted by Gasteiger charge is -2.00. The third-order valence-electron chi connectivity index (χ3n) is 3.07. The Morgan fingerprint density at radius 2 is 1.71 bits per heavy atom. The molecule has 0 atom stereocenters. The minimum absolute atomic E-state index is 0.560. The number of nitrogens with zero attached hydrogens (tertiary/aromatic N) is 3. The van der Waals surface area contributed by atoms with Crippen LogP contribution in [0.5, 0.6) is 0 Å². The van der Waals surface area contributed by atoms with E-state index in [0.717, 1.165) is 6.54 Å². The molecule has 0 saturated heterocycles. The standard InChI is InChI=1S/C16H16N4O/c1-2-4-13(5-3-1)10-15-19-16(21-20-15)12-18-11-14-6-8-17-9-7-14/h1-9,18H,10-12H2. The first-order chi connectivity index (χ1) is 10.4. The van der Waals surface area contributed by atoms with Gasteiger partial charge in [-0.05, 0) is 23.3 Å². The third-order valence-corrected chi connectivity index (χ3v) is 3.07. The SMILES string of the molecule is c1ccc(Cc2noc(CNCc3ccncc3)n2)cc1. The first-order valence-corrected chi connectivity index (χ1v) is 6.85. The lowest BCUT2D eigenvalue weighted by molar-refractivity contribution is 0.363. The van der Waals surface area contributed by atoms with Gasteiger partial charge in [0, 0.05) is 25.4 Å². The largest absolute Gasteiger partial charge is 0.338 e. The molecule has 0 fully saturated rings. The number of rotatable bonds is 6. The van der Waals surface area contributed by atoms with Gasteiger partial charge in [0.25, 0.3) is 0 Å². The van der Waals surface area contributed by atoms with Crippen LogP contribution >= 0.6 is 0 Å². The summed E-state index contributed by atoms with van der Waals surface area (Å²) in [4.78, 5) is 8.37. The maximum Gasteiger partial charge on any atom is 0.240 e. The Bertz CT molecular complexity index is 667. The zero-order chi connectivity index (χ0) is 14.3. The zero-order valence-corrected chi connectivity index (χ0v) is 11.6. The van der Waals surface area contributed by atoms with E-state index in [-0.39, 0.29) is 0 Å². The van der Waals surface area contributed by atoms with Crippen LogP contribution in [0.25, 0.3) is 0 Å². The van der Waals surface area contributed by atoms with Gasteiger partial charge in [-0.1, -0.05) is 35.5 Å². The van der Waals surface area contributed by atoms with E-state index in [0.29, 0.717) is 24.7 Å². The van der Waals surface area contributed by atoms with Crippen LogP contribution in [0.1, 0.15) is 22.8 Å². The quantitative estimate of drug-likeness (QED) is 0.751. The van der Waals surface area contributed by atoms with Gasteiger partial charge in [-0.25, -0.2) is 0 Å². The molecule has 1 N–H and O–H groups in total. The van der Waals surface area contributed by atoms with Crippen LogP contribution in [-0.2, 0) is 19.5 Å². The Morgan fingerprint density at radius 3 is 2.52 bits per heavy atom. The third kappa shape index (κ3) is 3.97. The van der Waals surface area contributed by atoms with Crippen LogP contribution < -0.4 is 5.32 Å². The first-order valence-electron chi connectivity index (χ1n) is 6.85. The van der Waals surface area contributed by atoms with E-state index in [4.69, 9.17) is 4.52 Å². The van der Waals surface area contributed by atoms with E-state index in [9.17, 15) is 0 Å². The number of pyridine rings is 1. The lowest BCUT2D eigenvalue weighted by Crippen LogP contribution is -2.12. The second-order valence-electron chi connectivity index (χ2n) is 4.73. The molecule has 0 amide bonds. The van der Waals surface area contributed by atoms with E-state index < -0.39 is 0 Å². The van der Waals surface area contributed by atoms with E-state index in [1.807, 2.05) is 30.3 Å². The maximum atomic E-state index is 5.24. The Balaban J connectivity index is 1.51. The Kier molecular flexibility index (Phi) is 4.33. The predicted octanol–water partition coefficient (Wildman–Crippen LogP) is 2.35. The van der Waals surface area contributed by atoms with E-state index in [1.165, 1.54) is 11.1 Å². The molecule has 1 aromatic carbocycles. The van der Waals surface area contributed by atoms with Crippen molar-refractivity contribution in [2.75, 3.05) is 0 Å². The molecule has 0 unspecified atom stereocenters. The number of benzene rings is 1. The van der Waals surface area contributed by atoms with Gasteiger partial charge < -0.3 is 9.84 Å². The van der Waals surface area contributed by atoms with E-state index in [2.05, 4.69) is 32.6 Å². The zero-order valence-electron chi connectivity index (χ0n) is 11.6. The van der Waals surface area contributed by atoms with Crippen molar-refractivity contribution in [2.45, 2.75) is 19.5 Å². The molecule has 0 radical (unpaired) electrons. The van der Waals surface area contributed by atoms with Crippen molar-refractivity contribution >= 4 is 0 Å². The highest BCUT2D eigenvalue weighted by atomic mass is 16.5. The van der Waals surface area contributed by atoms with Gasteiger partial charge in [0.15, 0.2) is 5.82 Å². The highest BCUT2D eigenvalue weighted by Gasteiger charge is 2.06. The summed E-state index contributed by atoms with van der Waals surface area (Å²) >= 11 is 0. The summed E-state index contributed by atoms with van der Waals surface area (Å²) in [5.41, 5.74) is 2.35. The van der Waals surface area contributed by atoms with Crippen LogP contribution in [0.2, 0.25) is 0 Å². The molecule has 2 aromatic heterocycles. The monoisotopic (exact) mass is 280 g/mol. The molecule has 5 nitrogen and oxygen atoms in total. The number of aromatic nitrogens is 3. The van der Waals surface area contributed by atoms with Gasteiger partial charge in [0.05, 0.1) is 6.54 Å². The molecule has 106 valence electrons. The van der Waals surface area contributed by atoms with Gasteiger partial charge in [-0.2, -0.15) is 4.98 Å². The molecular weight excluding hydrogens is 264 g/mol. The normalized spacial score (nSPS) is 10.7. The topological polar surface area (TPSA) is 63.8 Å². The molecule has 2 heterocycles. The minimum atomic E-state index is 0.560. The molecule has 0 aliphatic carbocycles. The van der Waals surface area contributed by atoms with Crippen LogP contribution in [0.3, 0.4) is 0 Å². The molecule has 0 saturated carbocycles. The molecule has 3 rings (SSSR count). The van der Waals surface area contributed by atoms with Gasteiger partial charge in [0.1, 0.15) is 0 Å². The summed E-state index contributed by atoms with van der Waals surface area (Å²) in [5, 5.41) is 7.27. The Labute approximate surface area is 123 Å². The Morgan fingerprint density at radius 1 is 0.905 bits per heavy atom. The lowest BCUT2D eigenvalue weighted by atomic mass is 10.1. The second-order valence-corrected chi connectivity index (χ2v) is 4.73. The number of hydrogen-bond acceptors (Lipinski definition) is 5. The molecule has 0 spiro atoms. The van der Waals surface area contributed by atoms with Crippen molar-refractivity contribution in [3.05, 3.63) is 77.7 Å². The molecule has 5 heteroatoms. The molecule has 0 aliphatic heterocycles. The number of nitrogens with one attached hydrogen (secondary N) is 1. The van der Waals surface area contributed by atoms with E-state index in [1.54, 1.807) is 12.4 Å². The summed E-state index contributed by atoms with van der Waals surface area (Å²) in [6, 6.07) is 14.1. The molecule has 0 bridgehead atoms. The van der Waals surface area contributed by atoms with Crippen molar-refractivity contribution in [1.29, 1.82) is 0 Å². The fraction of sp³-hybridized carbons (Fsp3) is 0.188. The van der Waals surface area contributed by atoms with Crippen molar-refractivity contribution in [3.63, 3.8) is 0 Å². The molecule has 21 heavy (non-hydrogen) atoms. The fourth-order valence-electron chi connectivity index (χ4n) is 2.03. The van der Waals surface area contributed by atoms with E-state index >= 15 is 0 Å². The van der Waals surface area contributed by atoms with Crippen LogP contribution in [0, 0.1) is 0 Å². The minimum Gasteiger partial charge on any atom is -0.338 e. The number of hydrogen-bond donors (Lipinski definition) is 1.